The molecule has 1 N–H and O–H groups in total. The average molecular weight is 259 g/mol. The van der Waals surface area contributed by atoms with Crippen LogP contribution < -0.4 is 10.1 Å². The predicted octanol–water partition coefficient (Wildman–Crippen LogP) is 2.48. The van der Waals surface area contributed by atoms with Crippen LogP contribution in [0.25, 0.3) is 0 Å². The Morgan fingerprint density at radius 3 is 3.00 bits per heavy atom. The smallest absolute Gasteiger partial charge is 0.261 e. The van der Waals surface area contributed by atoms with Gasteiger partial charge in [0, 0.05) is 6.42 Å². The molecule has 18 heavy (non-hydrogen) atoms. The number of thiophene rings is 1. The molecule has 0 spiro atoms. The van der Waals surface area contributed by atoms with Crippen molar-refractivity contribution in [3.05, 3.63) is 52.2 Å². The van der Waals surface area contributed by atoms with E-state index >= 15 is 0 Å². The number of hydrogen-bond acceptors (Lipinski definition) is 3. The molecule has 0 aliphatic carbocycles. The molecule has 0 saturated heterocycles. The Morgan fingerprint density at radius 2 is 2.22 bits per heavy atom. The summed E-state index contributed by atoms with van der Waals surface area (Å²) >= 11 is 1.45. The summed E-state index contributed by atoms with van der Waals surface area (Å²) in [5.41, 5.74) is 1.22. The Labute approximate surface area is 109 Å². The first-order chi connectivity index (χ1) is 8.83. The molecular formula is C14H13NO2S. The second-order valence-electron chi connectivity index (χ2n) is 4.24. The van der Waals surface area contributed by atoms with Crippen LogP contribution in [0, 0.1) is 0 Å². The summed E-state index contributed by atoms with van der Waals surface area (Å²) in [6, 6.07) is 11.7. The topological polar surface area (TPSA) is 38.3 Å². The van der Waals surface area contributed by atoms with E-state index in [2.05, 4.69) is 11.4 Å². The van der Waals surface area contributed by atoms with Crippen molar-refractivity contribution in [2.24, 2.45) is 0 Å². The van der Waals surface area contributed by atoms with Crippen LogP contribution in [0.15, 0.2) is 41.8 Å². The quantitative estimate of drug-likeness (QED) is 0.919. The molecule has 1 aliphatic heterocycles. The van der Waals surface area contributed by atoms with E-state index in [1.807, 2.05) is 35.7 Å². The standard InChI is InChI=1S/C14H13NO2S/c16-14(13-6-3-7-18-13)15-9-11-8-10-4-1-2-5-12(10)17-11/h1-7,11H,8-9H2,(H,15,16). The van der Waals surface area contributed by atoms with Crippen molar-refractivity contribution in [1.82, 2.24) is 5.32 Å². The van der Waals surface area contributed by atoms with Gasteiger partial charge in [-0.1, -0.05) is 24.3 Å². The molecular weight excluding hydrogens is 246 g/mol. The van der Waals surface area contributed by atoms with Crippen LogP contribution in [0.3, 0.4) is 0 Å². The first-order valence-corrected chi connectivity index (χ1v) is 6.77. The Hall–Kier alpha value is -1.81. The summed E-state index contributed by atoms with van der Waals surface area (Å²) in [5.74, 6) is 0.914. The molecule has 1 aliphatic rings. The summed E-state index contributed by atoms with van der Waals surface area (Å²) in [5, 5.41) is 4.81. The van der Waals surface area contributed by atoms with E-state index in [4.69, 9.17) is 4.74 Å². The van der Waals surface area contributed by atoms with Gasteiger partial charge in [0.05, 0.1) is 11.4 Å². The SMILES string of the molecule is O=C(NCC1Cc2ccccc2O1)c1cccs1. The fourth-order valence-electron chi connectivity index (χ4n) is 2.07. The number of nitrogens with one attached hydrogen (secondary N) is 1. The van der Waals surface area contributed by atoms with Crippen LogP contribution in [0.1, 0.15) is 15.2 Å². The van der Waals surface area contributed by atoms with Crippen LogP contribution in [0.5, 0.6) is 5.75 Å². The fourth-order valence-corrected chi connectivity index (χ4v) is 2.71. The van der Waals surface area contributed by atoms with Crippen molar-refractivity contribution >= 4 is 17.2 Å². The van der Waals surface area contributed by atoms with Crippen molar-refractivity contribution in [3.8, 4) is 5.75 Å². The lowest BCUT2D eigenvalue weighted by atomic mass is 10.1. The number of para-hydroxylation sites is 1. The van der Waals surface area contributed by atoms with Crippen molar-refractivity contribution < 1.29 is 9.53 Å². The van der Waals surface area contributed by atoms with Gasteiger partial charge in [-0.25, -0.2) is 0 Å². The molecule has 0 bridgehead atoms. The van der Waals surface area contributed by atoms with E-state index in [1.54, 1.807) is 0 Å². The zero-order valence-electron chi connectivity index (χ0n) is 9.76. The summed E-state index contributed by atoms with van der Waals surface area (Å²) in [4.78, 5) is 12.5. The highest BCUT2D eigenvalue weighted by Crippen LogP contribution is 2.27. The lowest BCUT2D eigenvalue weighted by Crippen LogP contribution is -2.34. The van der Waals surface area contributed by atoms with Gasteiger partial charge in [-0.2, -0.15) is 0 Å². The Balaban J connectivity index is 1.56. The molecule has 1 aromatic carbocycles. The highest BCUT2D eigenvalue weighted by Gasteiger charge is 2.22. The summed E-state index contributed by atoms with van der Waals surface area (Å²) < 4.78 is 5.76. The first kappa shape index (κ1) is 11.3. The van der Waals surface area contributed by atoms with E-state index < -0.39 is 0 Å². The third-order valence-corrected chi connectivity index (χ3v) is 3.82. The van der Waals surface area contributed by atoms with Crippen molar-refractivity contribution in [3.63, 3.8) is 0 Å². The number of carbonyl (C=O) groups is 1. The second kappa shape index (κ2) is 4.82. The largest absolute Gasteiger partial charge is 0.488 e. The molecule has 3 nitrogen and oxygen atoms in total. The van der Waals surface area contributed by atoms with Crippen molar-refractivity contribution in [2.75, 3.05) is 6.54 Å². The van der Waals surface area contributed by atoms with Gasteiger partial charge in [0.15, 0.2) is 0 Å². The molecule has 2 aromatic rings. The van der Waals surface area contributed by atoms with Gasteiger partial charge in [0.25, 0.3) is 5.91 Å². The third kappa shape index (κ3) is 2.24. The maximum atomic E-state index is 11.8. The van der Waals surface area contributed by atoms with Gasteiger partial charge in [0.2, 0.25) is 0 Å². The predicted molar refractivity (Wildman–Crippen MR) is 71.2 cm³/mol. The number of rotatable bonds is 3. The van der Waals surface area contributed by atoms with Crippen molar-refractivity contribution in [2.45, 2.75) is 12.5 Å². The Morgan fingerprint density at radius 1 is 1.33 bits per heavy atom. The minimum absolute atomic E-state index is 0.0236. The van der Waals surface area contributed by atoms with Crippen LogP contribution in [-0.2, 0) is 6.42 Å². The zero-order valence-corrected chi connectivity index (χ0v) is 10.6. The highest BCUT2D eigenvalue weighted by molar-refractivity contribution is 7.12. The molecule has 1 atom stereocenters. The van der Waals surface area contributed by atoms with Gasteiger partial charge >= 0.3 is 0 Å². The lowest BCUT2D eigenvalue weighted by Gasteiger charge is -2.11. The minimum Gasteiger partial charge on any atom is -0.488 e. The number of benzene rings is 1. The van der Waals surface area contributed by atoms with E-state index in [9.17, 15) is 4.79 Å². The number of ether oxygens (including phenoxy) is 1. The summed E-state index contributed by atoms with van der Waals surface area (Å²) in [6.45, 7) is 0.547. The van der Waals surface area contributed by atoms with Crippen LogP contribution in [0.2, 0.25) is 0 Å². The molecule has 1 aromatic heterocycles. The number of fused-ring (bicyclic) bond motifs is 1. The summed E-state index contributed by atoms with van der Waals surface area (Å²) in [6.07, 6.45) is 0.910. The molecule has 0 fully saturated rings. The fraction of sp³-hybridized carbons (Fsp3) is 0.214. The molecule has 2 heterocycles. The maximum absolute atomic E-state index is 11.8. The van der Waals surface area contributed by atoms with Crippen LogP contribution in [-0.4, -0.2) is 18.6 Å². The Bertz CT molecular complexity index is 526. The molecule has 0 radical (unpaired) electrons. The molecule has 92 valence electrons. The lowest BCUT2D eigenvalue weighted by molar-refractivity contribution is 0.0937. The van der Waals surface area contributed by atoms with Gasteiger partial charge in [-0.05, 0) is 23.1 Å². The van der Waals surface area contributed by atoms with Crippen LogP contribution in [0.4, 0.5) is 0 Å². The molecule has 3 rings (SSSR count). The number of amides is 1. The average Bonchev–Trinajstić information content (AvgIpc) is 3.04. The van der Waals surface area contributed by atoms with Crippen molar-refractivity contribution in [1.29, 1.82) is 0 Å². The zero-order chi connectivity index (χ0) is 12.4. The number of hydrogen-bond donors (Lipinski definition) is 1. The van der Waals surface area contributed by atoms with E-state index in [0.717, 1.165) is 17.0 Å². The normalized spacial score (nSPS) is 17.0. The van der Waals surface area contributed by atoms with Gasteiger partial charge < -0.3 is 10.1 Å². The van der Waals surface area contributed by atoms with Gasteiger partial charge in [0.1, 0.15) is 11.9 Å². The van der Waals surface area contributed by atoms with E-state index in [1.165, 1.54) is 16.9 Å². The third-order valence-electron chi connectivity index (χ3n) is 2.95. The Kier molecular flexibility index (Phi) is 3.02. The maximum Gasteiger partial charge on any atom is 0.261 e. The number of carbonyl (C=O) groups excluding carboxylic acids is 1. The van der Waals surface area contributed by atoms with E-state index in [0.29, 0.717) is 6.54 Å². The highest BCUT2D eigenvalue weighted by atomic mass is 32.1. The molecule has 1 amide bonds. The minimum atomic E-state index is -0.0236. The monoisotopic (exact) mass is 259 g/mol. The molecule has 0 saturated carbocycles. The molecule has 1 unspecified atom stereocenters. The molecule has 4 heteroatoms. The van der Waals surface area contributed by atoms with E-state index in [-0.39, 0.29) is 12.0 Å². The first-order valence-electron chi connectivity index (χ1n) is 5.89. The van der Waals surface area contributed by atoms with Gasteiger partial charge in [-0.3, -0.25) is 4.79 Å². The van der Waals surface area contributed by atoms with Gasteiger partial charge in [-0.15, -0.1) is 11.3 Å². The second-order valence-corrected chi connectivity index (χ2v) is 5.19. The van der Waals surface area contributed by atoms with Crippen LogP contribution >= 0.6 is 11.3 Å². The summed E-state index contributed by atoms with van der Waals surface area (Å²) in [7, 11) is 0.